The highest BCUT2D eigenvalue weighted by atomic mass is 16.4. The number of nitrogens with zero attached hydrogens (tertiary/aromatic N) is 1. The number of carboxylic acid groups (broad SMARTS) is 1. The summed E-state index contributed by atoms with van der Waals surface area (Å²) < 4.78 is 0. The number of nitrogens with one attached hydrogen (secondary N) is 1. The zero-order valence-corrected chi connectivity index (χ0v) is 9.35. The smallest absolute Gasteiger partial charge is 0.311 e. The molecule has 1 heterocycles. The zero-order chi connectivity index (χ0) is 12.3. The predicted molar refractivity (Wildman–Crippen MR) is 60.3 cm³/mol. The van der Waals surface area contributed by atoms with E-state index >= 15 is 0 Å². The Labute approximate surface area is 98.9 Å². The van der Waals surface area contributed by atoms with Crippen LogP contribution in [0.5, 0.6) is 0 Å². The van der Waals surface area contributed by atoms with Crippen LogP contribution in [0.1, 0.15) is 18.5 Å². The van der Waals surface area contributed by atoms with Crippen molar-refractivity contribution in [3.63, 3.8) is 0 Å². The van der Waals surface area contributed by atoms with E-state index in [1.165, 1.54) is 0 Å². The Morgan fingerprint density at radius 1 is 1.41 bits per heavy atom. The van der Waals surface area contributed by atoms with Crippen molar-refractivity contribution in [2.24, 2.45) is 5.41 Å². The Kier molecular flexibility index (Phi) is 3.08. The van der Waals surface area contributed by atoms with Gasteiger partial charge in [-0.15, -0.1) is 0 Å². The molecule has 0 bridgehead atoms. The largest absolute Gasteiger partial charge is 0.481 e. The van der Waals surface area contributed by atoms with Crippen molar-refractivity contribution >= 4 is 11.9 Å². The predicted octanol–water partition coefficient (Wildman–Crippen LogP) is 0.605. The standard InChI is InChI=1S/C12H14N2O3/c15-10(7-9-3-1-2-6-13-9)14-8-12(4-5-12)11(16)17/h1-3,6H,4-5,7-8H2,(H,14,15)(H,16,17). The number of aromatic nitrogens is 1. The highest BCUT2D eigenvalue weighted by Gasteiger charge is 2.50. The highest BCUT2D eigenvalue weighted by molar-refractivity contribution is 5.81. The number of hydrogen-bond donors (Lipinski definition) is 2. The third kappa shape index (κ3) is 2.81. The average Bonchev–Trinajstić information content (AvgIpc) is 3.09. The van der Waals surface area contributed by atoms with Crippen LogP contribution < -0.4 is 5.32 Å². The second-order valence-corrected chi connectivity index (χ2v) is 4.36. The molecule has 0 unspecified atom stereocenters. The van der Waals surface area contributed by atoms with Crippen molar-refractivity contribution in [3.8, 4) is 0 Å². The van der Waals surface area contributed by atoms with E-state index < -0.39 is 11.4 Å². The number of carbonyl (C=O) groups is 2. The third-order valence-corrected chi connectivity index (χ3v) is 3.00. The van der Waals surface area contributed by atoms with Gasteiger partial charge >= 0.3 is 5.97 Å². The molecule has 90 valence electrons. The maximum atomic E-state index is 11.6. The lowest BCUT2D eigenvalue weighted by Crippen LogP contribution is -2.35. The molecule has 1 fully saturated rings. The van der Waals surface area contributed by atoms with Crippen LogP contribution in [0.3, 0.4) is 0 Å². The minimum Gasteiger partial charge on any atom is -0.481 e. The van der Waals surface area contributed by atoms with E-state index in [9.17, 15) is 9.59 Å². The number of carboxylic acids is 1. The van der Waals surface area contributed by atoms with Gasteiger partial charge in [0, 0.05) is 18.4 Å². The topological polar surface area (TPSA) is 79.3 Å². The molecule has 0 spiro atoms. The van der Waals surface area contributed by atoms with Crippen molar-refractivity contribution in [2.75, 3.05) is 6.54 Å². The maximum absolute atomic E-state index is 11.6. The molecule has 1 aromatic heterocycles. The van der Waals surface area contributed by atoms with E-state index in [0.29, 0.717) is 18.5 Å². The number of rotatable bonds is 5. The molecule has 17 heavy (non-hydrogen) atoms. The molecule has 0 aromatic carbocycles. The number of pyridine rings is 1. The summed E-state index contributed by atoms with van der Waals surface area (Å²) >= 11 is 0. The molecule has 0 aliphatic heterocycles. The molecule has 1 amide bonds. The lowest BCUT2D eigenvalue weighted by Gasteiger charge is -2.10. The van der Waals surface area contributed by atoms with Gasteiger partial charge in [-0.05, 0) is 25.0 Å². The molecule has 1 aromatic rings. The minimum absolute atomic E-state index is 0.184. The summed E-state index contributed by atoms with van der Waals surface area (Å²) in [6.07, 6.45) is 3.11. The summed E-state index contributed by atoms with van der Waals surface area (Å²) in [6, 6.07) is 5.37. The summed E-state index contributed by atoms with van der Waals surface area (Å²) in [5.74, 6) is -1.01. The van der Waals surface area contributed by atoms with E-state index in [1.807, 2.05) is 6.07 Å². The van der Waals surface area contributed by atoms with Gasteiger partial charge in [0.05, 0.1) is 11.8 Å². The Morgan fingerprint density at radius 2 is 2.18 bits per heavy atom. The highest BCUT2D eigenvalue weighted by Crippen LogP contribution is 2.45. The average molecular weight is 234 g/mol. The first-order valence-corrected chi connectivity index (χ1v) is 5.52. The molecule has 2 N–H and O–H groups in total. The summed E-state index contributed by atoms with van der Waals surface area (Å²) in [6.45, 7) is 0.216. The third-order valence-electron chi connectivity index (χ3n) is 3.00. The molecule has 0 radical (unpaired) electrons. The number of amides is 1. The van der Waals surface area contributed by atoms with Crippen molar-refractivity contribution < 1.29 is 14.7 Å². The van der Waals surface area contributed by atoms with Crippen LogP contribution in [0.25, 0.3) is 0 Å². The van der Waals surface area contributed by atoms with Crippen molar-refractivity contribution in [2.45, 2.75) is 19.3 Å². The van der Waals surface area contributed by atoms with E-state index in [1.54, 1.807) is 18.3 Å². The van der Waals surface area contributed by atoms with Crippen molar-refractivity contribution in [3.05, 3.63) is 30.1 Å². The van der Waals surface area contributed by atoms with E-state index in [2.05, 4.69) is 10.3 Å². The Hall–Kier alpha value is -1.91. The first-order chi connectivity index (χ1) is 8.12. The second kappa shape index (κ2) is 4.53. The molecule has 0 saturated heterocycles. The summed E-state index contributed by atoms with van der Waals surface area (Å²) in [5.41, 5.74) is -0.0232. The zero-order valence-electron chi connectivity index (χ0n) is 9.35. The van der Waals surface area contributed by atoms with E-state index in [4.69, 9.17) is 5.11 Å². The summed E-state index contributed by atoms with van der Waals surface area (Å²) in [5, 5.41) is 11.6. The van der Waals surface area contributed by atoms with Crippen LogP contribution in [0.4, 0.5) is 0 Å². The van der Waals surface area contributed by atoms with Crippen LogP contribution in [-0.4, -0.2) is 28.5 Å². The molecule has 5 nitrogen and oxygen atoms in total. The first-order valence-electron chi connectivity index (χ1n) is 5.52. The minimum atomic E-state index is -0.823. The molecule has 1 aliphatic rings. The van der Waals surface area contributed by atoms with Crippen molar-refractivity contribution in [1.29, 1.82) is 0 Å². The maximum Gasteiger partial charge on any atom is 0.311 e. The van der Waals surface area contributed by atoms with Crippen LogP contribution in [0, 0.1) is 5.41 Å². The summed E-state index contributed by atoms with van der Waals surface area (Å²) in [7, 11) is 0. The molecule has 5 heteroatoms. The fourth-order valence-electron chi connectivity index (χ4n) is 1.61. The Balaban J connectivity index is 1.81. The molecular formula is C12H14N2O3. The second-order valence-electron chi connectivity index (χ2n) is 4.36. The van der Waals surface area contributed by atoms with Gasteiger partial charge in [-0.1, -0.05) is 6.07 Å². The Bertz CT molecular complexity index is 427. The first kappa shape index (κ1) is 11.6. The fourth-order valence-corrected chi connectivity index (χ4v) is 1.61. The van der Waals surface area contributed by atoms with Crippen LogP contribution >= 0.6 is 0 Å². The molecule has 2 rings (SSSR count). The monoisotopic (exact) mass is 234 g/mol. The van der Waals surface area contributed by atoms with Gasteiger partial charge in [0.15, 0.2) is 0 Å². The van der Waals surface area contributed by atoms with Crippen LogP contribution in [-0.2, 0) is 16.0 Å². The van der Waals surface area contributed by atoms with Gasteiger partial charge in [0.2, 0.25) is 5.91 Å². The summed E-state index contributed by atoms with van der Waals surface area (Å²) in [4.78, 5) is 26.5. The van der Waals surface area contributed by atoms with Crippen LogP contribution in [0.15, 0.2) is 24.4 Å². The van der Waals surface area contributed by atoms with E-state index in [0.717, 1.165) is 0 Å². The lowest BCUT2D eigenvalue weighted by molar-refractivity contribution is -0.143. The number of carbonyl (C=O) groups excluding carboxylic acids is 1. The molecular weight excluding hydrogens is 220 g/mol. The normalized spacial score (nSPS) is 16.2. The van der Waals surface area contributed by atoms with Crippen LogP contribution in [0.2, 0.25) is 0 Å². The number of aliphatic carboxylic acids is 1. The lowest BCUT2D eigenvalue weighted by atomic mass is 10.1. The molecule has 1 saturated carbocycles. The SMILES string of the molecule is O=C(Cc1ccccn1)NCC1(C(=O)O)CC1. The van der Waals surface area contributed by atoms with Gasteiger partial charge in [0.25, 0.3) is 0 Å². The van der Waals surface area contributed by atoms with Gasteiger partial charge < -0.3 is 10.4 Å². The van der Waals surface area contributed by atoms with Gasteiger partial charge in [-0.25, -0.2) is 0 Å². The van der Waals surface area contributed by atoms with Gasteiger partial charge in [-0.2, -0.15) is 0 Å². The van der Waals surface area contributed by atoms with E-state index in [-0.39, 0.29) is 18.9 Å². The Morgan fingerprint density at radius 3 is 2.71 bits per heavy atom. The number of hydrogen-bond acceptors (Lipinski definition) is 3. The van der Waals surface area contributed by atoms with Gasteiger partial charge in [0.1, 0.15) is 0 Å². The van der Waals surface area contributed by atoms with Gasteiger partial charge in [-0.3, -0.25) is 14.6 Å². The quantitative estimate of drug-likeness (QED) is 0.782. The molecule has 0 atom stereocenters. The molecule has 1 aliphatic carbocycles. The fraction of sp³-hybridized carbons (Fsp3) is 0.417. The van der Waals surface area contributed by atoms with Crippen molar-refractivity contribution in [1.82, 2.24) is 10.3 Å².